The van der Waals surface area contributed by atoms with Crippen LogP contribution in [-0.2, 0) is 37.6 Å². The summed E-state index contributed by atoms with van der Waals surface area (Å²) in [6.45, 7) is 10.2. The van der Waals surface area contributed by atoms with Crippen LogP contribution in [0.3, 0.4) is 0 Å². The van der Waals surface area contributed by atoms with Crippen LogP contribution in [0.5, 0.6) is 0 Å². The molecular weight excluding hydrogens is 550 g/mol. The number of carbonyl (C=O) groups excluding carboxylic acids is 3. The number of aliphatic hydroxyl groups is 2. The van der Waals surface area contributed by atoms with E-state index < -0.39 is 35.2 Å². The first-order chi connectivity index (χ1) is 20.5. The molecule has 4 aliphatic heterocycles. The lowest BCUT2D eigenvalue weighted by molar-refractivity contribution is -0.151. The van der Waals surface area contributed by atoms with Gasteiger partial charge in [-0.3, -0.25) is 14.5 Å². The van der Waals surface area contributed by atoms with Gasteiger partial charge in [0, 0.05) is 36.2 Å². The molecule has 228 valence electrons. The first kappa shape index (κ1) is 29.3. The molecule has 0 aliphatic carbocycles. The average Bonchev–Trinajstić information content (AvgIpc) is 3.61. The molecule has 10 nitrogen and oxygen atoms in total. The van der Waals surface area contributed by atoms with E-state index in [0.717, 1.165) is 11.1 Å². The van der Waals surface area contributed by atoms with Crippen LogP contribution in [0.2, 0.25) is 0 Å². The SMILES string of the molecule is C=CCN1C(=O)[C@]2(O[C@H](CC(=O)N3Cc4ccccc4C[C@H]3CO)[C@@H](C(C)(C)O)[C@@H]2C)c2cc(N3CCOC3=O)ccc21. The van der Waals surface area contributed by atoms with Gasteiger partial charge >= 0.3 is 6.09 Å². The summed E-state index contributed by atoms with van der Waals surface area (Å²) in [7, 11) is 0. The van der Waals surface area contributed by atoms with Crippen molar-refractivity contribution in [3.05, 3.63) is 71.8 Å². The van der Waals surface area contributed by atoms with Crippen molar-refractivity contribution in [3.63, 3.8) is 0 Å². The largest absolute Gasteiger partial charge is 0.447 e. The molecule has 3 amide bonds. The maximum absolute atomic E-state index is 14.4. The van der Waals surface area contributed by atoms with Gasteiger partial charge in [-0.05, 0) is 49.6 Å². The zero-order valence-electron chi connectivity index (χ0n) is 24.9. The van der Waals surface area contributed by atoms with Gasteiger partial charge in [0.05, 0.1) is 43.0 Å². The molecule has 2 N–H and O–H groups in total. The van der Waals surface area contributed by atoms with Gasteiger partial charge < -0.3 is 29.5 Å². The fourth-order valence-corrected chi connectivity index (χ4v) is 7.70. The highest BCUT2D eigenvalue weighted by atomic mass is 16.6. The number of rotatable bonds is 7. The van der Waals surface area contributed by atoms with Crippen molar-refractivity contribution in [1.29, 1.82) is 0 Å². The number of aliphatic hydroxyl groups excluding tert-OH is 1. The fraction of sp³-hybridized carbons (Fsp3) is 0.485. The molecule has 2 saturated heterocycles. The van der Waals surface area contributed by atoms with Crippen molar-refractivity contribution < 1.29 is 34.1 Å². The van der Waals surface area contributed by atoms with Gasteiger partial charge in [0.25, 0.3) is 5.91 Å². The minimum Gasteiger partial charge on any atom is -0.447 e. The second-order valence-corrected chi connectivity index (χ2v) is 12.6. The van der Waals surface area contributed by atoms with E-state index in [9.17, 15) is 24.6 Å². The molecule has 0 saturated carbocycles. The maximum Gasteiger partial charge on any atom is 0.414 e. The molecule has 10 heteroatoms. The molecule has 2 fully saturated rings. The molecule has 6 rings (SSSR count). The predicted octanol–water partition coefficient (Wildman–Crippen LogP) is 3.13. The number of hydrogen-bond donors (Lipinski definition) is 2. The summed E-state index contributed by atoms with van der Waals surface area (Å²) in [5.74, 6) is -1.61. The summed E-state index contributed by atoms with van der Waals surface area (Å²) < 4.78 is 11.9. The third kappa shape index (κ3) is 4.63. The maximum atomic E-state index is 14.4. The molecule has 0 aromatic heterocycles. The first-order valence-electron chi connectivity index (χ1n) is 14.9. The molecule has 0 radical (unpaired) electrons. The van der Waals surface area contributed by atoms with Gasteiger partial charge in [-0.15, -0.1) is 6.58 Å². The van der Waals surface area contributed by atoms with E-state index in [1.54, 1.807) is 47.9 Å². The average molecular weight is 590 g/mol. The Bertz CT molecular complexity index is 1470. The Balaban J connectivity index is 1.38. The summed E-state index contributed by atoms with van der Waals surface area (Å²) in [5, 5.41) is 21.6. The zero-order chi connectivity index (χ0) is 30.7. The number of hydrogen-bond acceptors (Lipinski definition) is 7. The van der Waals surface area contributed by atoms with Crippen LogP contribution in [0.15, 0.2) is 55.1 Å². The van der Waals surface area contributed by atoms with Gasteiger partial charge in [-0.25, -0.2) is 4.79 Å². The number of ether oxygens (including phenoxy) is 2. The first-order valence-corrected chi connectivity index (χ1v) is 14.9. The summed E-state index contributed by atoms with van der Waals surface area (Å²) >= 11 is 0. The lowest BCUT2D eigenvalue weighted by atomic mass is 9.70. The van der Waals surface area contributed by atoms with Crippen LogP contribution in [-0.4, -0.2) is 77.1 Å². The van der Waals surface area contributed by atoms with Crippen molar-refractivity contribution in [2.24, 2.45) is 11.8 Å². The molecule has 0 bridgehead atoms. The predicted molar refractivity (Wildman–Crippen MR) is 159 cm³/mol. The third-order valence-electron chi connectivity index (χ3n) is 9.61. The van der Waals surface area contributed by atoms with Gasteiger partial charge in [0.15, 0.2) is 5.60 Å². The number of benzene rings is 2. The van der Waals surface area contributed by atoms with E-state index in [2.05, 4.69) is 6.58 Å². The van der Waals surface area contributed by atoms with E-state index in [-0.39, 0.29) is 44.0 Å². The Labute approximate surface area is 251 Å². The second-order valence-electron chi connectivity index (χ2n) is 12.6. The highest BCUT2D eigenvalue weighted by molar-refractivity contribution is 6.08. The lowest BCUT2D eigenvalue weighted by Gasteiger charge is -2.38. The van der Waals surface area contributed by atoms with Crippen LogP contribution in [0.25, 0.3) is 0 Å². The minimum atomic E-state index is -1.49. The summed E-state index contributed by atoms with van der Waals surface area (Å²) in [5.41, 5.74) is 1.18. The number of nitrogens with zero attached hydrogens (tertiary/aromatic N) is 3. The molecule has 2 aromatic carbocycles. The summed E-state index contributed by atoms with van der Waals surface area (Å²) in [6, 6.07) is 12.9. The quantitative estimate of drug-likeness (QED) is 0.477. The van der Waals surface area contributed by atoms with Crippen LogP contribution in [0.1, 0.15) is 43.9 Å². The van der Waals surface area contributed by atoms with E-state index >= 15 is 0 Å². The Kier molecular flexibility index (Phi) is 7.35. The number of anilines is 2. The van der Waals surface area contributed by atoms with Gasteiger partial charge in [-0.2, -0.15) is 0 Å². The monoisotopic (exact) mass is 589 g/mol. The lowest BCUT2D eigenvalue weighted by Crippen LogP contribution is -2.48. The van der Waals surface area contributed by atoms with Gasteiger partial charge in [-0.1, -0.05) is 37.3 Å². The Morgan fingerprint density at radius 3 is 2.58 bits per heavy atom. The van der Waals surface area contributed by atoms with Gasteiger partial charge in [0.1, 0.15) is 6.61 Å². The van der Waals surface area contributed by atoms with E-state index in [0.29, 0.717) is 36.4 Å². The van der Waals surface area contributed by atoms with E-state index in [1.807, 2.05) is 31.2 Å². The van der Waals surface area contributed by atoms with Crippen molar-refractivity contribution in [2.75, 3.05) is 36.1 Å². The highest BCUT2D eigenvalue weighted by Crippen LogP contribution is 2.58. The van der Waals surface area contributed by atoms with Crippen LogP contribution in [0, 0.1) is 11.8 Å². The van der Waals surface area contributed by atoms with E-state index in [1.165, 1.54) is 4.90 Å². The fourth-order valence-electron chi connectivity index (χ4n) is 7.70. The number of amides is 3. The summed E-state index contributed by atoms with van der Waals surface area (Å²) in [6.07, 6.45) is 0.871. The molecule has 2 aromatic rings. The Morgan fingerprint density at radius 1 is 1.19 bits per heavy atom. The zero-order valence-corrected chi connectivity index (χ0v) is 24.9. The molecule has 4 heterocycles. The number of cyclic esters (lactones) is 1. The summed E-state index contributed by atoms with van der Waals surface area (Å²) in [4.78, 5) is 45.6. The Morgan fingerprint density at radius 2 is 1.93 bits per heavy atom. The smallest absolute Gasteiger partial charge is 0.414 e. The number of fused-ring (bicyclic) bond motifs is 3. The van der Waals surface area contributed by atoms with Crippen LogP contribution >= 0.6 is 0 Å². The Hall–Kier alpha value is -3.73. The minimum absolute atomic E-state index is 0.0678. The van der Waals surface area contributed by atoms with Crippen LogP contribution < -0.4 is 9.80 Å². The van der Waals surface area contributed by atoms with Crippen molar-refractivity contribution in [3.8, 4) is 0 Å². The standard InChI is InChI=1S/C33H39N3O7/c1-5-12-35-26-11-10-23(34-13-14-42-31(34)40)16-25(26)33(30(35)39)20(2)29(32(3,4)41)27(43-33)17-28(38)36-18-22-9-7-6-8-21(22)15-24(36)19-37/h5-11,16,20,24,27,29,37,41H,1,12-15,17-19H2,2-4H3/t20-,24-,27+,29-,33+/m0/s1. The molecular formula is C33H39N3O7. The second kappa shape index (κ2) is 10.8. The molecule has 43 heavy (non-hydrogen) atoms. The molecule has 5 atom stereocenters. The van der Waals surface area contributed by atoms with Crippen molar-refractivity contribution in [2.45, 2.75) is 63.5 Å². The van der Waals surface area contributed by atoms with Crippen molar-refractivity contribution >= 4 is 29.3 Å². The number of carbonyl (C=O) groups is 3. The molecule has 1 spiro atoms. The van der Waals surface area contributed by atoms with Crippen molar-refractivity contribution in [1.82, 2.24) is 4.90 Å². The highest BCUT2D eigenvalue weighted by Gasteiger charge is 2.66. The topological polar surface area (TPSA) is 120 Å². The normalized spacial score (nSPS) is 28.3. The van der Waals surface area contributed by atoms with Crippen LogP contribution in [0.4, 0.5) is 16.2 Å². The molecule has 4 aliphatic rings. The van der Waals surface area contributed by atoms with Gasteiger partial charge in [0.2, 0.25) is 5.91 Å². The van der Waals surface area contributed by atoms with E-state index in [4.69, 9.17) is 9.47 Å². The third-order valence-corrected chi connectivity index (χ3v) is 9.61. The molecule has 0 unspecified atom stereocenters.